The van der Waals surface area contributed by atoms with Gasteiger partial charge in [0.15, 0.2) is 0 Å². The number of amides is 1. The maximum atomic E-state index is 12.4. The van der Waals surface area contributed by atoms with Gasteiger partial charge in [-0.1, -0.05) is 283 Å². The van der Waals surface area contributed by atoms with Crippen LogP contribution in [0.3, 0.4) is 0 Å². The molecule has 56 heavy (non-hydrogen) atoms. The molecule has 4 nitrogen and oxygen atoms in total. The van der Waals surface area contributed by atoms with E-state index in [9.17, 15) is 15.0 Å². The second-order valence-corrected chi connectivity index (χ2v) is 18.0. The van der Waals surface area contributed by atoms with Crippen LogP contribution in [0.1, 0.15) is 296 Å². The Kier molecular flexibility index (Phi) is 47.7. The number of unbranched alkanes of at least 4 members (excludes halogenated alkanes) is 41. The summed E-state index contributed by atoms with van der Waals surface area (Å²) in [6, 6.07) is -0.616. The van der Waals surface area contributed by atoms with Gasteiger partial charge < -0.3 is 15.5 Å². The largest absolute Gasteiger partial charge is 0.394 e. The number of rotatable bonds is 48. The second kappa shape index (κ2) is 48.5. The smallest absolute Gasteiger partial charge is 0.220 e. The van der Waals surface area contributed by atoms with Crippen LogP contribution in [0.2, 0.25) is 0 Å². The Balaban J connectivity index is 3.38. The van der Waals surface area contributed by atoms with Gasteiger partial charge in [0, 0.05) is 6.42 Å². The van der Waals surface area contributed by atoms with Crippen molar-refractivity contribution in [1.82, 2.24) is 5.32 Å². The van der Waals surface area contributed by atoms with E-state index in [1.165, 1.54) is 250 Å². The van der Waals surface area contributed by atoms with Crippen molar-refractivity contribution in [1.29, 1.82) is 0 Å². The van der Waals surface area contributed by atoms with Crippen LogP contribution in [0, 0.1) is 0 Å². The number of aliphatic hydroxyl groups excluding tert-OH is 2. The van der Waals surface area contributed by atoms with Crippen LogP contribution in [-0.2, 0) is 4.79 Å². The minimum atomic E-state index is -0.833. The number of allylic oxidation sites excluding steroid dienone is 1. The first kappa shape index (κ1) is 55.1. The first-order chi connectivity index (χ1) is 27.7. The molecule has 0 aliphatic carbocycles. The summed E-state index contributed by atoms with van der Waals surface area (Å²) in [5.41, 5.74) is 0. The zero-order chi connectivity index (χ0) is 40.7. The lowest BCUT2D eigenvalue weighted by molar-refractivity contribution is -0.123. The first-order valence-electron chi connectivity index (χ1n) is 25.9. The number of carbonyl (C=O) groups excluding carboxylic acids is 1. The number of aliphatic hydroxyl groups is 2. The third-order valence-electron chi connectivity index (χ3n) is 12.3. The zero-order valence-electron chi connectivity index (χ0n) is 38.4. The molecule has 0 heterocycles. The molecular weight excluding hydrogens is 687 g/mol. The van der Waals surface area contributed by atoms with Gasteiger partial charge in [-0.3, -0.25) is 4.79 Å². The van der Waals surface area contributed by atoms with E-state index < -0.39 is 12.1 Å². The predicted octanol–water partition coefficient (Wildman–Crippen LogP) is 16.6. The molecule has 0 aromatic rings. The normalized spacial score (nSPS) is 12.9. The van der Waals surface area contributed by atoms with E-state index in [2.05, 4.69) is 19.2 Å². The molecule has 0 fully saturated rings. The SMILES string of the molecule is CCCCCCCCCCCC/C=C/[C@@H](O)[C@H](CO)NC(=O)CCCCCCCCCCCCCCCCCCCCCCCCCCCCCCCCCC. The Bertz CT molecular complexity index is 769. The third-order valence-corrected chi connectivity index (χ3v) is 12.3. The van der Waals surface area contributed by atoms with Crippen molar-refractivity contribution in [3.8, 4) is 0 Å². The van der Waals surface area contributed by atoms with E-state index in [0.717, 1.165) is 25.7 Å². The summed E-state index contributed by atoms with van der Waals surface area (Å²) in [6.45, 7) is 4.33. The quantitative estimate of drug-likeness (QED) is 0.0425. The summed E-state index contributed by atoms with van der Waals surface area (Å²) in [5.74, 6) is -0.0585. The van der Waals surface area contributed by atoms with Gasteiger partial charge in [0.2, 0.25) is 5.91 Å². The van der Waals surface area contributed by atoms with Crippen LogP contribution in [0.15, 0.2) is 12.2 Å². The van der Waals surface area contributed by atoms with E-state index in [-0.39, 0.29) is 12.5 Å². The van der Waals surface area contributed by atoms with Crippen molar-refractivity contribution in [3.63, 3.8) is 0 Å². The van der Waals surface area contributed by atoms with Crippen LogP contribution < -0.4 is 5.32 Å². The second-order valence-electron chi connectivity index (χ2n) is 18.0. The van der Waals surface area contributed by atoms with Crippen molar-refractivity contribution >= 4 is 5.91 Å². The third kappa shape index (κ3) is 44.2. The molecule has 0 radical (unpaired) electrons. The molecule has 334 valence electrons. The molecule has 0 unspecified atom stereocenters. The summed E-state index contributed by atoms with van der Waals surface area (Å²) in [6.07, 6.45) is 62.3. The Morgan fingerprint density at radius 3 is 0.929 bits per heavy atom. The summed E-state index contributed by atoms with van der Waals surface area (Å²) in [5, 5.41) is 23.0. The average Bonchev–Trinajstić information content (AvgIpc) is 3.20. The Hall–Kier alpha value is -0.870. The van der Waals surface area contributed by atoms with Gasteiger partial charge in [-0.2, -0.15) is 0 Å². The molecule has 0 saturated heterocycles. The molecule has 0 aliphatic rings. The Labute approximate surface area is 352 Å². The zero-order valence-corrected chi connectivity index (χ0v) is 38.4. The molecule has 3 N–H and O–H groups in total. The molecular formula is C52H103NO3. The van der Waals surface area contributed by atoms with Gasteiger partial charge in [-0.25, -0.2) is 0 Å². The summed E-state index contributed by atoms with van der Waals surface area (Å²) in [7, 11) is 0. The number of hydrogen-bond donors (Lipinski definition) is 3. The number of carbonyl (C=O) groups is 1. The van der Waals surface area contributed by atoms with Crippen LogP contribution in [-0.4, -0.2) is 34.9 Å². The predicted molar refractivity (Wildman–Crippen MR) is 249 cm³/mol. The van der Waals surface area contributed by atoms with Gasteiger partial charge in [-0.15, -0.1) is 0 Å². The lowest BCUT2D eigenvalue weighted by Gasteiger charge is -2.20. The minimum absolute atomic E-state index is 0.0585. The van der Waals surface area contributed by atoms with Gasteiger partial charge >= 0.3 is 0 Å². The van der Waals surface area contributed by atoms with Crippen molar-refractivity contribution in [3.05, 3.63) is 12.2 Å². The molecule has 0 bridgehead atoms. The highest BCUT2D eigenvalue weighted by atomic mass is 16.3. The molecule has 0 spiro atoms. The number of nitrogens with one attached hydrogen (secondary N) is 1. The van der Waals surface area contributed by atoms with E-state index in [1.807, 2.05) is 6.08 Å². The molecule has 0 aliphatic heterocycles. The van der Waals surface area contributed by atoms with Crippen LogP contribution in [0.5, 0.6) is 0 Å². The highest BCUT2D eigenvalue weighted by Gasteiger charge is 2.18. The van der Waals surface area contributed by atoms with Crippen molar-refractivity contribution < 1.29 is 15.0 Å². The van der Waals surface area contributed by atoms with Gasteiger partial charge in [0.1, 0.15) is 0 Å². The maximum absolute atomic E-state index is 12.4. The molecule has 2 atom stereocenters. The maximum Gasteiger partial charge on any atom is 0.220 e. The van der Waals surface area contributed by atoms with Crippen LogP contribution in [0.4, 0.5) is 0 Å². The van der Waals surface area contributed by atoms with Gasteiger partial charge in [0.05, 0.1) is 18.8 Å². The fourth-order valence-corrected chi connectivity index (χ4v) is 8.30. The van der Waals surface area contributed by atoms with Crippen molar-refractivity contribution in [2.45, 2.75) is 309 Å². The van der Waals surface area contributed by atoms with E-state index in [4.69, 9.17) is 0 Å². The fourth-order valence-electron chi connectivity index (χ4n) is 8.30. The summed E-state index contributed by atoms with van der Waals surface area (Å²) >= 11 is 0. The highest BCUT2D eigenvalue weighted by molar-refractivity contribution is 5.76. The monoisotopic (exact) mass is 790 g/mol. The average molecular weight is 790 g/mol. The topological polar surface area (TPSA) is 69.6 Å². The Morgan fingerprint density at radius 1 is 0.411 bits per heavy atom. The van der Waals surface area contributed by atoms with E-state index in [1.54, 1.807) is 6.08 Å². The molecule has 0 aromatic carbocycles. The first-order valence-corrected chi connectivity index (χ1v) is 25.9. The summed E-state index contributed by atoms with van der Waals surface area (Å²) < 4.78 is 0. The molecule has 1 amide bonds. The number of hydrogen-bond acceptors (Lipinski definition) is 3. The van der Waals surface area contributed by atoms with E-state index >= 15 is 0 Å². The molecule has 0 aromatic heterocycles. The fraction of sp³-hybridized carbons (Fsp3) is 0.942. The molecule has 4 heteroatoms. The highest BCUT2D eigenvalue weighted by Crippen LogP contribution is 2.17. The lowest BCUT2D eigenvalue weighted by Crippen LogP contribution is -2.45. The lowest BCUT2D eigenvalue weighted by atomic mass is 10.0. The Morgan fingerprint density at radius 2 is 0.661 bits per heavy atom. The van der Waals surface area contributed by atoms with Crippen LogP contribution >= 0.6 is 0 Å². The van der Waals surface area contributed by atoms with Gasteiger partial charge in [-0.05, 0) is 19.3 Å². The minimum Gasteiger partial charge on any atom is -0.394 e. The van der Waals surface area contributed by atoms with Crippen molar-refractivity contribution in [2.75, 3.05) is 6.61 Å². The summed E-state index contributed by atoms with van der Waals surface area (Å²) in [4.78, 5) is 12.4. The molecule has 0 saturated carbocycles. The molecule has 0 rings (SSSR count). The van der Waals surface area contributed by atoms with E-state index in [0.29, 0.717) is 6.42 Å². The van der Waals surface area contributed by atoms with Crippen LogP contribution in [0.25, 0.3) is 0 Å². The standard InChI is InChI=1S/C52H103NO3/c1-3-5-7-9-11-13-15-17-18-19-20-21-22-23-24-25-26-27-28-29-30-31-32-33-34-35-36-38-40-42-44-46-48-52(56)53-50(49-54)51(55)47-45-43-41-39-37-16-14-12-10-8-6-4-2/h45,47,50-51,54-55H,3-44,46,48-49H2,1-2H3,(H,53,56)/b47-45+/t50-,51+/m0/s1. The van der Waals surface area contributed by atoms with Crippen molar-refractivity contribution in [2.24, 2.45) is 0 Å². The van der Waals surface area contributed by atoms with Gasteiger partial charge in [0.25, 0.3) is 0 Å².